The monoisotopic (exact) mass is 421 g/mol. The van der Waals surface area contributed by atoms with Crippen molar-refractivity contribution in [3.05, 3.63) is 33.4 Å². The highest BCUT2D eigenvalue weighted by atomic mass is 127. The van der Waals surface area contributed by atoms with E-state index in [0.29, 0.717) is 19.6 Å². The first-order valence-corrected chi connectivity index (χ1v) is 7.83. The number of methoxy groups -OCH3 is 2. The molecule has 1 aromatic rings. The first-order chi connectivity index (χ1) is 10.6. The molecule has 0 aliphatic carbocycles. The molecule has 0 heterocycles. The highest BCUT2D eigenvalue weighted by Crippen LogP contribution is 2.14. The summed E-state index contributed by atoms with van der Waals surface area (Å²) in [4.78, 5) is 23.7. The Bertz CT molecular complexity index is 495. The van der Waals surface area contributed by atoms with Gasteiger partial charge in [-0.05, 0) is 34.2 Å². The molecule has 0 aliphatic rings. The molecule has 1 amide bonds. The molecule has 0 radical (unpaired) electrons. The van der Waals surface area contributed by atoms with Crippen LogP contribution in [-0.4, -0.2) is 52.0 Å². The van der Waals surface area contributed by atoms with Crippen molar-refractivity contribution in [2.24, 2.45) is 0 Å². The molecule has 6 nitrogen and oxygen atoms in total. The number of nitrogens with one attached hydrogen (secondary N) is 1. The number of ether oxygens (including phenoxy) is 3. The van der Waals surface area contributed by atoms with Crippen molar-refractivity contribution in [3.8, 4) is 0 Å². The van der Waals surface area contributed by atoms with Crippen LogP contribution in [0.3, 0.4) is 0 Å². The van der Waals surface area contributed by atoms with Gasteiger partial charge in [0.25, 0.3) is 0 Å². The molecule has 122 valence electrons. The lowest BCUT2D eigenvalue weighted by atomic mass is 10.1. The Labute approximate surface area is 143 Å². The largest absolute Gasteiger partial charge is 0.467 e. The van der Waals surface area contributed by atoms with Crippen molar-refractivity contribution in [1.82, 2.24) is 5.32 Å². The molecule has 0 spiro atoms. The Morgan fingerprint density at radius 1 is 1.23 bits per heavy atom. The summed E-state index contributed by atoms with van der Waals surface area (Å²) in [6.45, 7) is 0.613. The fourth-order valence-corrected chi connectivity index (χ4v) is 2.37. The molecule has 0 aliphatic heterocycles. The summed E-state index contributed by atoms with van der Waals surface area (Å²) in [5, 5.41) is 2.64. The second-order valence-electron chi connectivity index (χ2n) is 4.48. The second-order valence-corrected chi connectivity index (χ2v) is 5.65. The van der Waals surface area contributed by atoms with Crippen molar-refractivity contribution in [3.63, 3.8) is 0 Å². The maximum absolute atomic E-state index is 11.8. The lowest BCUT2D eigenvalue weighted by Crippen LogP contribution is -2.44. The summed E-state index contributed by atoms with van der Waals surface area (Å²) in [6.07, 6.45) is 0.371. The second kappa shape index (κ2) is 10.5. The highest BCUT2D eigenvalue weighted by Gasteiger charge is 2.22. The van der Waals surface area contributed by atoms with Gasteiger partial charge in [-0.3, -0.25) is 4.79 Å². The van der Waals surface area contributed by atoms with Crippen LogP contribution < -0.4 is 5.32 Å². The summed E-state index contributed by atoms with van der Waals surface area (Å²) < 4.78 is 15.7. The predicted octanol–water partition coefficient (Wildman–Crippen LogP) is 1.15. The molecule has 0 saturated heterocycles. The van der Waals surface area contributed by atoms with E-state index in [1.807, 2.05) is 24.3 Å². The van der Waals surface area contributed by atoms with Crippen molar-refractivity contribution < 1.29 is 23.8 Å². The average molecular weight is 421 g/mol. The van der Waals surface area contributed by atoms with Gasteiger partial charge in [0.15, 0.2) is 0 Å². The Kier molecular flexibility index (Phi) is 9.02. The molecule has 7 heteroatoms. The predicted molar refractivity (Wildman–Crippen MR) is 89.5 cm³/mol. The van der Waals surface area contributed by atoms with Crippen molar-refractivity contribution >= 4 is 34.5 Å². The number of carbonyl (C=O) groups is 2. The van der Waals surface area contributed by atoms with Crippen molar-refractivity contribution in [1.29, 1.82) is 0 Å². The van der Waals surface area contributed by atoms with Gasteiger partial charge in [0.05, 0.1) is 20.3 Å². The van der Waals surface area contributed by atoms with Gasteiger partial charge in [-0.1, -0.05) is 18.2 Å². The maximum Gasteiger partial charge on any atom is 0.328 e. The van der Waals surface area contributed by atoms with E-state index in [-0.39, 0.29) is 12.5 Å². The molecule has 1 atom stereocenters. The molecule has 22 heavy (non-hydrogen) atoms. The zero-order valence-electron chi connectivity index (χ0n) is 12.6. The van der Waals surface area contributed by atoms with Crippen LogP contribution in [0.5, 0.6) is 0 Å². The van der Waals surface area contributed by atoms with Crippen LogP contribution in [0.1, 0.15) is 5.56 Å². The summed E-state index contributed by atoms with van der Waals surface area (Å²) in [6, 6.07) is 6.93. The van der Waals surface area contributed by atoms with Gasteiger partial charge >= 0.3 is 5.97 Å². The van der Waals surface area contributed by atoms with E-state index >= 15 is 0 Å². The van der Waals surface area contributed by atoms with E-state index in [0.717, 1.165) is 9.13 Å². The number of halogens is 1. The third-order valence-corrected chi connectivity index (χ3v) is 3.92. The molecule has 0 bridgehead atoms. The Balaban J connectivity index is 2.60. The Hall–Kier alpha value is -1.19. The number of rotatable bonds is 9. The third kappa shape index (κ3) is 6.71. The third-order valence-electron chi connectivity index (χ3n) is 2.87. The summed E-state index contributed by atoms with van der Waals surface area (Å²) in [7, 11) is 2.85. The summed E-state index contributed by atoms with van der Waals surface area (Å²) >= 11 is 2.19. The van der Waals surface area contributed by atoms with Gasteiger partial charge in [0.2, 0.25) is 5.91 Å². The normalized spacial score (nSPS) is 11.8. The van der Waals surface area contributed by atoms with Gasteiger partial charge in [-0.25, -0.2) is 4.79 Å². The lowest BCUT2D eigenvalue weighted by molar-refractivity contribution is -0.145. The summed E-state index contributed by atoms with van der Waals surface area (Å²) in [5.41, 5.74) is 0.971. The quantitative estimate of drug-likeness (QED) is 0.368. The van der Waals surface area contributed by atoms with Crippen LogP contribution >= 0.6 is 22.6 Å². The molecule has 0 fully saturated rings. The van der Waals surface area contributed by atoms with Crippen LogP contribution in [-0.2, 0) is 30.2 Å². The zero-order chi connectivity index (χ0) is 16.4. The molecular formula is C15H20INO5. The zero-order valence-corrected chi connectivity index (χ0v) is 14.8. The number of hydrogen-bond acceptors (Lipinski definition) is 5. The Morgan fingerprint density at radius 2 is 1.95 bits per heavy atom. The number of esters is 1. The minimum Gasteiger partial charge on any atom is -0.467 e. The SMILES string of the molecule is COCCOCC(=O)N[C@H](Cc1ccccc1I)C(=O)OC. The van der Waals surface area contributed by atoms with Crippen LogP contribution in [0.4, 0.5) is 0 Å². The molecule has 1 rings (SSSR count). The molecule has 0 unspecified atom stereocenters. The van der Waals surface area contributed by atoms with Gasteiger partial charge in [0.1, 0.15) is 12.6 Å². The topological polar surface area (TPSA) is 73.9 Å². The average Bonchev–Trinajstić information content (AvgIpc) is 2.52. The number of benzene rings is 1. The number of amides is 1. The van der Waals surface area contributed by atoms with Crippen LogP contribution in [0.25, 0.3) is 0 Å². The van der Waals surface area contributed by atoms with E-state index in [2.05, 4.69) is 27.9 Å². The molecule has 1 N–H and O–H groups in total. The van der Waals surface area contributed by atoms with Gasteiger partial charge < -0.3 is 19.5 Å². The van der Waals surface area contributed by atoms with Crippen LogP contribution in [0, 0.1) is 3.57 Å². The maximum atomic E-state index is 11.8. The van der Waals surface area contributed by atoms with Crippen LogP contribution in [0.15, 0.2) is 24.3 Å². The highest BCUT2D eigenvalue weighted by molar-refractivity contribution is 14.1. The minimum atomic E-state index is -0.737. The molecule has 0 aromatic heterocycles. The lowest BCUT2D eigenvalue weighted by Gasteiger charge is -2.17. The first-order valence-electron chi connectivity index (χ1n) is 6.75. The Morgan fingerprint density at radius 3 is 2.59 bits per heavy atom. The molecular weight excluding hydrogens is 401 g/mol. The van der Waals surface area contributed by atoms with Crippen molar-refractivity contribution in [2.75, 3.05) is 34.0 Å². The van der Waals surface area contributed by atoms with E-state index in [9.17, 15) is 9.59 Å². The van der Waals surface area contributed by atoms with E-state index in [4.69, 9.17) is 14.2 Å². The number of carbonyl (C=O) groups excluding carboxylic acids is 2. The van der Waals surface area contributed by atoms with Gasteiger partial charge in [0, 0.05) is 17.1 Å². The minimum absolute atomic E-state index is 0.122. The van der Waals surface area contributed by atoms with E-state index in [1.54, 1.807) is 7.11 Å². The van der Waals surface area contributed by atoms with Gasteiger partial charge in [-0.15, -0.1) is 0 Å². The molecule has 1 aromatic carbocycles. The first kappa shape index (κ1) is 18.9. The van der Waals surface area contributed by atoms with E-state index in [1.165, 1.54) is 7.11 Å². The van der Waals surface area contributed by atoms with Crippen LogP contribution in [0.2, 0.25) is 0 Å². The smallest absolute Gasteiger partial charge is 0.328 e. The fourth-order valence-electron chi connectivity index (χ4n) is 1.76. The fraction of sp³-hybridized carbons (Fsp3) is 0.467. The van der Waals surface area contributed by atoms with E-state index < -0.39 is 12.0 Å². The number of hydrogen-bond donors (Lipinski definition) is 1. The molecule has 0 saturated carbocycles. The summed E-state index contributed by atoms with van der Waals surface area (Å²) in [5.74, 6) is -0.845. The van der Waals surface area contributed by atoms with Crippen molar-refractivity contribution in [2.45, 2.75) is 12.5 Å². The van der Waals surface area contributed by atoms with Gasteiger partial charge in [-0.2, -0.15) is 0 Å². The standard InChI is InChI=1S/C15H20INO5/c1-20-7-8-22-10-14(18)17-13(15(19)21-2)9-11-5-3-4-6-12(11)16/h3-6,13H,7-10H2,1-2H3,(H,17,18)/t13-/m1/s1.